The molecule has 0 unspecified atom stereocenters. The van der Waals surface area contributed by atoms with Crippen LogP contribution in [0.4, 0.5) is 0 Å². The van der Waals surface area contributed by atoms with Gasteiger partial charge in [0, 0.05) is 44.5 Å². The van der Waals surface area contributed by atoms with Gasteiger partial charge < -0.3 is 24.8 Å². The van der Waals surface area contributed by atoms with Gasteiger partial charge in [-0.05, 0) is 49.4 Å². The van der Waals surface area contributed by atoms with Crippen LogP contribution < -0.4 is 15.4 Å². The normalized spacial score (nSPS) is 15.7. The third kappa shape index (κ3) is 8.87. The highest BCUT2D eigenvalue weighted by atomic mass is 79.9. The first kappa shape index (κ1) is 21.0. The molecule has 6 nitrogen and oxygen atoms in total. The zero-order valence-corrected chi connectivity index (χ0v) is 17.1. The molecule has 1 aromatic carbocycles. The van der Waals surface area contributed by atoms with Gasteiger partial charge in [-0.3, -0.25) is 4.99 Å². The van der Waals surface area contributed by atoms with Crippen molar-refractivity contribution in [2.45, 2.75) is 19.3 Å². The van der Waals surface area contributed by atoms with Crippen molar-refractivity contribution in [3.05, 3.63) is 28.7 Å². The molecule has 26 heavy (non-hydrogen) atoms. The summed E-state index contributed by atoms with van der Waals surface area (Å²) in [5, 5.41) is 6.53. The average Bonchev–Trinajstić information content (AvgIpc) is 2.68. The van der Waals surface area contributed by atoms with Gasteiger partial charge in [-0.2, -0.15) is 0 Å². The lowest BCUT2D eigenvalue weighted by Gasteiger charge is -2.21. The third-order valence-electron chi connectivity index (χ3n) is 4.15. The van der Waals surface area contributed by atoms with Crippen molar-refractivity contribution in [1.29, 1.82) is 0 Å². The highest BCUT2D eigenvalue weighted by Gasteiger charge is 2.13. The summed E-state index contributed by atoms with van der Waals surface area (Å²) in [5.41, 5.74) is 0. The molecule has 1 heterocycles. The number of halogens is 1. The van der Waals surface area contributed by atoms with Gasteiger partial charge in [0.15, 0.2) is 5.96 Å². The van der Waals surface area contributed by atoms with E-state index in [0.717, 1.165) is 68.4 Å². The van der Waals surface area contributed by atoms with Crippen molar-refractivity contribution in [2.75, 3.05) is 53.2 Å². The van der Waals surface area contributed by atoms with Crippen molar-refractivity contribution in [2.24, 2.45) is 10.9 Å². The van der Waals surface area contributed by atoms with Crippen LogP contribution in [0, 0.1) is 5.92 Å². The smallest absolute Gasteiger partial charge is 0.191 e. The standard InChI is InChI=1S/C19H30BrN3O3/c1-21-19(23-10-14-26-18-5-3-17(20)4-6-18)22-9-2-11-25-15-16-7-12-24-13-8-16/h3-6,16H,2,7-15H2,1H3,(H2,21,22,23). The van der Waals surface area contributed by atoms with Gasteiger partial charge in [-0.1, -0.05) is 15.9 Å². The van der Waals surface area contributed by atoms with E-state index in [0.29, 0.717) is 19.1 Å². The third-order valence-corrected chi connectivity index (χ3v) is 4.68. The Morgan fingerprint density at radius 3 is 2.62 bits per heavy atom. The Morgan fingerprint density at radius 2 is 1.88 bits per heavy atom. The number of hydrogen-bond donors (Lipinski definition) is 2. The highest BCUT2D eigenvalue weighted by Crippen LogP contribution is 2.16. The number of ether oxygens (including phenoxy) is 3. The van der Waals surface area contributed by atoms with E-state index in [1.54, 1.807) is 7.05 Å². The maximum absolute atomic E-state index is 5.77. The minimum absolute atomic E-state index is 0.580. The Hall–Kier alpha value is -1.31. The topological polar surface area (TPSA) is 64.1 Å². The lowest BCUT2D eigenvalue weighted by Crippen LogP contribution is -2.39. The molecule has 1 fully saturated rings. The molecular weight excluding hydrogens is 398 g/mol. The van der Waals surface area contributed by atoms with Crippen LogP contribution in [0.25, 0.3) is 0 Å². The van der Waals surface area contributed by atoms with Gasteiger partial charge in [-0.25, -0.2) is 0 Å². The Morgan fingerprint density at radius 1 is 1.15 bits per heavy atom. The summed E-state index contributed by atoms with van der Waals surface area (Å²) in [7, 11) is 1.77. The van der Waals surface area contributed by atoms with Crippen molar-refractivity contribution >= 4 is 21.9 Å². The monoisotopic (exact) mass is 427 g/mol. The van der Waals surface area contributed by atoms with E-state index in [1.165, 1.54) is 0 Å². The Bertz CT molecular complexity index is 519. The summed E-state index contributed by atoms with van der Waals surface area (Å²) in [4.78, 5) is 4.21. The largest absolute Gasteiger partial charge is 0.492 e. The van der Waals surface area contributed by atoms with Crippen LogP contribution in [0.2, 0.25) is 0 Å². The van der Waals surface area contributed by atoms with Crippen LogP contribution in [0.1, 0.15) is 19.3 Å². The van der Waals surface area contributed by atoms with Gasteiger partial charge in [0.2, 0.25) is 0 Å². The van der Waals surface area contributed by atoms with E-state index < -0.39 is 0 Å². The lowest BCUT2D eigenvalue weighted by atomic mass is 10.0. The molecule has 0 aromatic heterocycles. The first-order valence-electron chi connectivity index (χ1n) is 9.26. The van der Waals surface area contributed by atoms with Crippen molar-refractivity contribution < 1.29 is 14.2 Å². The number of nitrogens with zero attached hydrogens (tertiary/aromatic N) is 1. The van der Waals surface area contributed by atoms with E-state index in [-0.39, 0.29) is 0 Å². The summed E-state index contributed by atoms with van der Waals surface area (Å²) in [6.45, 7) is 5.48. The molecule has 146 valence electrons. The molecule has 1 aliphatic heterocycles. The Kier molecular flexibility index (Phi) is 10.5. The molecule has 1 saturated heterocycles. The molecule has 2 rings (SSSR count). The summed E-state index contributed by atoms with van der Waals surface area (Å²) in [5.74, 6) is 2.31. The van der Waals surface area contributed by atoms with E-state index in [2.05, 4.69) is 31.6 Å². The second-order valence-corrected chi connectivity index (χ2v) is 7.13. The zero-order valence-electron chi connectivity index (χ0n) is 15.5. The van der Waals surface area contributed by atoms with Gasteiger partial charge in [0.1, 0.15) is 12.4 Å². The van der Waals surface area contributed by atoms with Crippen LogP contribution in [-0.4, -0.2) is 59.1 Å². The molecule has 0 bridgehead atoms. The quantitative estimate of drug-likeness (QED) is 0.341. The summed E-state index contributed by atoms with van der Waals surface area (Å²) in [6, 6.07) is 7.82. The molecule has 0 amide bonds. The molecule has 1 aliphatic rings. The molecule has 0 saturated carbocycles. The second-order valence-electron chi connectivity index (χ2n) is 6.21. The molecule has 0 spiro atoms. The predicted molar refractivity (Wildman–Crippen MR) is 108 cm³/mol. The fraction of sp³-hybridized carbons (Fsp3) is 0.632. The van der Waals surface area contributed by atoms with E-state index in [9.17, 15) is 0 Å². The van der Waals surface area contributed by atoms with E-state index >= 15 is 0 Å². The summed E-state index contributed by atoms with van der Waals surface area (Å²) >= 11 is 3.41. The number of aliphatic imine (C=N–C) groups is 1. The maximum atomic E-state index is 5.77. The number of nitrogens with one attached hydrogen (secondary N) is 2. The van der Waals surface area contributed by atoms with E-state index in [1.807, 2.05) is 24.3 Å². The van der Waals surface area contributed by atoms with Crippen LogP contribution in [-0.2, 0) is 9.47 Å². The molecule has 7 heteroatoms. The molecule has 0 atom stereocenters. The molecule has 2 N–H and O–H groups in total. The lowest BCUT2D eigenvalue weighted by molar-refractivity contribution is 0.0203. The Labute approximate surface area is 164 Å². The van der Waals surface area contributed by atoms with Gasteiger partial charge in [0.05, 0.1) is 6.54 Å². The van der Waals surface area contributed by atoms with Crippen LogP contribution in [0.5, 0.6) is 5.75 Å². The van der Waals surface area contributed by atoms with Gasteiger partial charge >= 0.3 is 0 Å². The fourth-order valence-corrected chi connectivity index (χ4v) is 2.90. The molecular formula is C19H30BrN3O3. The predicted octanol–water partition coefficient (Wildman–Crippen LogP) is 2.83. The minimum atomic E-state index is 0.580. The minimum Gasteiger partial charge on any atom is -0.492 e. The van der Waals surface area contributed by atoms with Crippen molar-refractivity contribution in [3.63, 3.8) is 0 Å². The highest BCUT2D eigenvalue weighted by molar-refractivity contribution is 9.10. The van der Waals surface area contributed by atoms with Gasteiger partial charge in [0.25, 0.3) is 0 Å². The van der Waals surface area contributed by atoms with Crippen LogP contribution in [0.15, 0.2) is 33.7 Å². The SMILES string of the molecule is CN=C(NCCCOCC1CCOCC1)NCCOc1ccc(Br)cc1. The molecule has 0 radical (unpaired) electrons. The van der Waals surface area contributed by atoms with Crippen LogP contribution >= 0.6 is 15.9 Å². The average molecular weight is 428 g/mol. The van der Waals surface area contributed by atoms with E-state index in [4.69, 9.17) is 14.2 Å². The number of benzene rings is 1. The van der Waals surface area contributed by atoms with Crippen LogP contribution in [0.3, 0.4) is 0 Å². The van der Waals surface area contributed by atoms with Crippen molar-refractivity contribution in [1.82, 2.24) is 10.6 Å². The number of guanidine groups is 1. The first-order chi connectivity index (χ1) is 12.8. The number of hydrogen-bond acceptors (Lipinski definition) is 4. The second kappa shape index (κ2) is 12.9. The summed E-state index contributed by atoms with van der Waals surface area (Å²) < 4.78 is 17.8. The summed E-state index contributed by atoms with van der Waals surface area (Å²) in [6.07, 6.45) is 3.20. The number of rotatable bonds is 10. The zero-order chi connectivity index (χ0) is 18.5. The Balaban J connectivity index is 1.46. The maximum Gasteiger partial charge on any atom is 0.191 e. The molecule has 0 aliphatic carbocycles. The van der Waals surface area contributed by atoms with Gasteiger partial charge in [-0.15, -0.1) is 0 Å². The molecule has 1 aromatic rings. The fourth-order valence-electron chi connectivity index (χ4n) is 2.63. The van der Waals surface area contributed by atoms with Crippen molar-refractivity contribution in [3.8, 4) is 5.75 Å². The first-order valence-corrected chi connectivity index (χ1v) is 10.1.